The highest BCUT2D eigenvalue weighted by atomic mass is 16.6. The van der Waals surface area contributed by atoms with Gasteiger partial charge in [-0.2, -0.15) is 0 Å². The third kappa shape index (κ3) is 0.789. The number of rotatable bonds is 1. The number of hydrogen-bond acceptors (Lipinski definition) is 2. The average molecular weight is 140 g/mol. The van der Waals surface area contributed by atoms with Crippen LogP contribution in [-0.4, -0.2) is 24.9 Å². The van der Waals surface area contributed by atoms with E-state index in [1.807, 2.05) is 0 Å². The van der Waals surface area contributed by atoms with Crippen molar-refractivity contribution in [2.75, 3.05) is 6.61 Å². The SMILES string of the molecule is C1CC2O[C@@H]2CC1C1CO1. The van der Waals surface area contributed by atoms with Gasteiger partial charge in [-0.05, 0) is 25.2 Å². The lowest BCUT2D eigenvalue weighted by Gasteiger charge is -2.15. The first kappa shape index (κ1) is 5.56. The Labute approximate surface area is 60.5 Å². The molecular weight excluding hydrogens is 128 g/mol. The van der Waals surface area contributed by atoms with Crippen LogP contribution in [0.5, 0.6) is 0 Å². The van der Waals surface area contributed by atoms with E-state index in [0.717, 1.165) is 12.5 Å². The Bertz CT molecular complexity index is 153. The zero-order valence-corrected chi connectivity index (χ0v) is 5.95. The molecule has 3 rings (SSSR count). The van der Waals surface area contributed by atoms with E-state index in [2.05, 4.69) is 0 Å². The summed E-state index contributed by atoms with van der Waals surface area (Å²) in [5, 5.41) is 0. The van der Waals surface area contributed by atoms with Crippen molar-refractivity contribution in [1.29, 1.82) is 0 Å². The molecule has 3 fully saturated rings. The van der Waals surface area contributed by atoms with Gasteiger partial charge >= 0.3 is 0 Å². The van der Waals surface area contributed by atoms with Crippen LogP contribution >= 0.6 is 0 Å². The summed E-state index contributed by atoms with van der Waals surface area (Å²) in [5.74, 6) is 0.837. The van der Waals surface area contributed by atoms with E-state index in [1.54, 1.807) is 0 Å². The van der Waals surface area contributed by atoms with E-state index in [4.69, 9.17) is 9.47 Å². The number of epoxide rings is 2. The van der Waals surface area contributed by atoms with Crippen LogP contribution in [0.3, 0.4) is 0 Å². The van der Waals surface area contributed by atoms with Gasteiger partial charge in [0.05, 0.1) is 24.9 Å². The largest absolute Gasteiger partial charge is 0.373 e. The minimum atomic E-state index is 0.616. The van der Waals surface area contributed by atoms with E-state index in [-0.39, 0.29) is 0 Å². The van der Waals surface area contributed by atoms with Gasteiger partial charge in [-0.3, -0.25) is 0 Å². The Morgan fingerprint density at radius 3 is 2.60 bits per heavy atom. The third-order valence-electron chi connectivity index (χ3n) is 2.93. The third-order valence-corrected chi connectivity index (χ3v) is 2.93. The second kappa shape index (κ2) is 1.74. The van der Waals surface area contributed by atoms with Crippen LogP contribution in [0, 0.1) is 5.92 Å². The molecule has 0 spiro atoms. The summed E-state index contributed by atoms with van der Waals surface area (Å²) in [6.07, 6.45) is 5.79. The summed E-state index contributed by atoms with van der Waals surface area (Å²) in [4.78, 5) is 0. The molecule has 2 heterocycles. The Balaban J connectivity index is 1.65. The fourth-order valence-corrected chi connectivity index (χ4v) is 2.10. The minimum absolute atomic E-state index is 0.616. The molecule has 2 aliphatic heterocycles. The molecule has 0 N–H and O–H groups in total. The fraction of sp³-hybridized carbons (Fsp3) is 1.00. The standard InChI is InChI=1S/C8H12O2/c1-2-6-7(10-6)3-5(1)8-4-9-8/h5-8H,1-4H2/t5?,6?,7-,8?/m1/s1. The Morgan fingerprint density at radius 1 is 1.00 bits per heavy atom. The number of ether oxygens (including phenoxy) is 2. The molecule has 2 nitrogen and oxygen atoms in total. The maximum atomic E-state index is 5.43. The molecule has 56 valence electrons. The average Bonchev–Trinajstić information content (AvgIpc) is 2.83. The molecule has 1 aliphatic carbocycles. The minimum Gasteiger partial charge on any atom is -0.373 e. The van der Waals surface area contributed by atoms with Crippen molar-refractivity contribution in [1.82, 2.24) is 0 Å². The predicted octanol–water partition coefficient (Wildman–Crippen LogP) is 0.953. The smallest absolute Gasteiger partial charge is 0.0845 e. The number of fused-ring (bicyclic) bond motifs is 1. The van der Waals surface area contributed by atoms with Crippen molar-refractivity contribution in [2.45, 2.75) is 37.6 Å². The highest BCUT2D eigenvalue weighted by molar-refractivity contribution is 4.96. The van der Waals surface area contributed by atoms with Crippen molar-refractivity contribution in [2.24, 2.45) is 5.92 Å². The van der Waals surface area contributed by atoms with Crippen molar-refractivity contribution in [3.63, 3.8) is 0 Å². The van der Waals surface area contributed by atoms with Gasteiger partial charge in [0.1, 0.15) is 0 Å². The van der Waals surface area contributed by atoms with Gasteiger partial charge in [0.15, 0.2) is 0 Å². The first-order valence-corrected chi connectivity index (χ1v) is 4.20. The van der Waals surface area contributed by atoms with Crippen molar-refractivity contribution in [3.05, 3.63) is 0 Å². The van der Waals surface area contributed by atoms with Crippen LogP contribution in [-0.2, 0) is 9.47 Å². The van der Waals surface area contributed by atoms with E-state index in [9.17, 15) is 0 Å². The highest BCUT2D eigenvalue weighted by Gasteiger charge is 2.48. The quantitative estimate of drug-likeness (QED) is 0.507. The first-order chi connectivity index (χ1) is 4.93. The second-order valence-corrected chi connectivity index (χ2v) is 3.66. The molecule has 0 aromatic carbocycles. The monoisotopic (exact) mass is 140 g/mol. The van der Waals surface area contributed by atoms with Crippen molar-refractivity contribution in [3.8, 4) is 0 Å². The molecule has 4 atom stereocenters. The fourth-order valence-electron chi connectivity index (χ4n) is 2.10. The van der Waals surface area contributed by atoms with Gasteiger partial charge in [-0.15, -0.1) is 0 Å². The Hall–Kier alpha value is -0.0800. The van der Waals surface area contributed by atoms with Crippen LogP contribution in [0.1, 0.15) is 19.3 Å². The Morgan fingerprint density at radius 2 is 1.90 bits per heavy atom. The summed E-state index contributed by atoms with van der Waals surface area (Å²) in [7, 11) is 0. The van der Waals surface area contributed by atoms with Gasteiger partial charge in [0.25, 0.3) is 0 Å². The summed E-state index contributed by atoms with van der Waals surface area (Å²) in [6, 6.07) is 0. The van der Waals surface area contributed by atoms with Crippen molar-refractivity contribution >= 4 is 0 Å². The van der Waals surface area contributed by atoms with E-state index in [1.165, 1.54) is 19.3 Å². The molecule has 0 aromatic heterocycles. The zero-order valence-electron chi connectivity index (χ0n) is 5.95. The lowest BCUT2D eigenvalue weighted by molar-refractivity contribution is 0.279. The molecule has 0 amide bonds. The second-order valence-electron chi connectivity index (χ2n) is 3.66. The molecule has 3 unspecified atom stereocenters. The molecule has 3 aliphatic rings. The predicted molar refractivity (Wildman–Crippen MR) is 35.7 cm³/mol. The summed E-state index contributed by atoms with van der Waals surface area (Å²) in [6.45, 7) is 1.02. The molecule has 2 heteroatoms. The maximum Gasteiger partial charge on any atom is 0.0845 e. The lowest BCUT2D eigenvalue weighted by atomic mass is 9.87. The lowest BCUT2D eigenvalue weighted by Crippen LogP contribution is -2.17. The van der Waals surface area contributed by atoms with Crippen LogP contribution in [0.15, 0.2) is 0 Å². The van der Waals surface area contributed by atoms with Crippen LogP contribution in [0.2, 0.25) is 0 Å². The first-order valence-electron chi connectivity index (χ1n) is 4.20. The van der Waals surface area contributed by atoms with E-state index < -0.39 is 0 Å². The molecule has 0 bridgehead atoms. The van der Waals surface area contributed by atoms with E-state index >= 15 is 0 Å². The molecular formula is C8H12O2. The van der Waals surface area contributed by atoms with Gasteiger partial charge in [-0.1, -0.05) is 0 Å². The Kier molecular flexibility index (Phi) is 0.968. The summed E-state index contributed by atoms with van der Waals surface area (Å²) >= 11 is 0. The molecule has 2 saturated heterocycles. The van der Waals surface area contributed by atoms with Crippen LogP contribution in [0.25, 0.3) is 0 Å². The number of hydrogen-bond donors (Lipinski definition) is 0. The molecule has 0 radical (unpaired) electrons. The normalized spacial score (nSPS) is 57.6. The zero-order chi connectivity index (χ0) is 6.55. The molecule has 1 saturated carbocycles. The topological polar surface area (TPSA) is 25.1 Å². The summed E-state index contributed by atoms with van der Waals surface area (Å²) < 4.78 is 10.7. The molecule has 0 aromatic rings. The van der Waals surface area contributed by atoms with Gasteiger partial charge < -0.3 is 9.47 Å². The van der Waals surface area contributed by atoms with Gasteiger partial charge in [0.2, 0.25) is 0 Å². The van der Waals surface area contributed by atoms with Crippen LogP contribution in [0.4, 0.5) is 0 Å². The highest BCUT2D eigenvalue weighted by Crippen LogP contribution is 2.43. The van der Waals surface area contributed by atoms with Crippen LogP contribution < -0.4 is 0 Å². The van der Waals surface area contributed by atoms with Gasteiger partial charge in [-0.25, -0.2) is 0 Å². The van der Waals surface area contributed by atoms with Crippen molar-refractivity contribution < 1.29 is 9.47 Å². The van der Waals surface area contributed by atoms with E-state index in [0.29, 0.717) is 18.3 Å². The maximum absolute atomic E-state index is 5.43. The summed E-state index contributed by atoms with van der Waals surface area (Å²) in [5.41, 5.74) is 0. The molecule has 10 heavy (non-hydrogen) atoms. The van der Waals surface area contributed by atoms with Gasteiger partial charge in [0, 0.05) is 0 Å².